The van der Waals surface area contributed by atoms with Crippen molar-refractivity contribution in [3.63, 3.8) is 0 Å². The molecule has 1 unspecified atom stereocenters. The Labute approximate surface area is 133 Å². The second-order valence-corrected chi connectivity index (χ2v) is 6.45. The predicted molar refractivity (Wildman–Crippen MR) is 87.6 cm³/mol. The molecule has 0 radical (unpaired) electrons. The summed E-state index contributed by atoms with van der Waals surface area (Å²) in [5, 5.41) is 9.17. The van der Waals surface area contributed by atoms with Crippen LogP contribution in [0.15, 0.2) is 18.2 Å². The Kier molecular flexibility index (Phi) is 5.83. The van der Waals surface area contributed by atoms with Gasteiger partial charge in [0.25, 0.3) is 0 Å². The van der Waals surface area contributed by atoms with E-state index in [1.807, 2.05) is 6.07 Å². The summed E-state index contributed by atoms with van der Waals surface area (Å²) < 4.78 is 5.47. The Balaban J connectivity index is 2.01. The average molecular weight is 305 g/mol. The Morgan fingerprint density at radius 3 is 2.86 bits per heavy atom. The van der Waals surface area contributed by atoms with Gasteiger partial charge in [0.05, 0.1) is 13.0 Å². The molecule has 1 aromatic rings. The van der Waals surface area contributed by atoms with Gasteiger partial charge in [0.2, 0.25) is 0 Å². The minimum Gasteiger partial charge on any atom is -0.496 e. The van der Waals surface area contributed by atoms with Crippen LogP contribution in [0.4, 0.5) is 0 Å². The molecule has 1 aromatic carbocycles. The molecule has 0 aromatic heterocycles. The topological polar surface area (TPSA) is 49.8 Å². The highest BCUT2D eigenvalue weighted by Crippen LogP contribution is 2.25. The third-order valence-electron chi connectivity index (χ3n) is 4.52. The molecular formula is C18H27NO3. The zero-order valence-electron chi connectivity index (χ0n) is 13.8. The van der Waals surface area contributed by atoms with Gasteiger partial charge in [-0.3, -0.25) is 4.79 Å². The van der Waals surface area contributed by atoms with Gasteiger partial charge in [-0.25, -0.2) is 0 Å². The largest absolute Gasteiger partial charge is 0.496 e. The number of rotatable bonds is 6. The lowest BCUT2D eigenvalue weighted by atomic mass is 9.96. The van der Waals surface area contributed by atoms with E-state index < -0.39 is 5.97 Å². The second kappa shape index (κ2) is 7.63. The van der Waals surface area contributed by atoms with E-state index in [1.54, 1.807) is 7.11 Å². The van der Waals surface area contributed by atoms with E-state index in [0.717, 1.165) is 38.1 Å². The van der Waals surface area contributed by atoms with Crippen LogP contribution >= 0.6 is 0 Å². The van der Waals surface area contributed by atoms with Gasteiger partial charge in [0, 0.05) is 13.1 Å². The van der Waals surface area contributed by atoms with Crippen molar-refractivity contribution in [1.29, 1.82) is 0 Å². The lowest BCUT2D eigenvalue weighted by Gasteiger charge is -2.30. The minimum absolute atomic E-state index is 0.211. The summed E-state index contributed by atoms with van der Waals surface area (Å²) in [4.78, 5) is 13.4. The summed E-state index contributed by atoms with van der Waals surface area (Å²) >= 11 is 0. The Morgan fingerprint density at radius 2 is 2.23 bits per heavy atom. The molecule has 0 bridgehead atoms. The van der Waals surface area contributed by atoms with Gasteiger partial charge in [-0.1, -0.05) is 26.0 Å². The van der Waals surface area contributed by atoms with E-state index in [-0.39, 0.29) is 5.92 Å². The molecule has 1 saturated heterocycles. The molecule has 1 fully saturated rings. The van der Waals surface area contributed by atoms with Crippen molar-refractivity contribution in [2.75, 3.05) is 26.7 Å². The van der Waals surface area contributed by atoms with Crippen LogP contribution in [0.1, 0.15) is 43.7 Å². The number of benzene rings is 1. The van der Waals surface area contributed by atoms with Gasteiger partial charge in [-0.05, 0) is 48.9 Å². The number of likely N-dealkylation sites (tertiary alicyclic amines) is 1. The highest BCUT2D eigenvalue weighted by molar-refractivity contribution is 5.70. The first-order chi connectivity index (χ1) is 10.5. The number of hydrogen-bond donors (Lipinski definition) is 1. The molecule has 0 amide bonds. The van der Waals surface area contributed by atoms with Gasteiger partial charge in [-0.2, -0.15) is 0 Å². The Morgan fingerprint density at radius 1 is 1.45 bits per heavy atom. The maximum Gasteiger partial charge on any atom is 0.307 e. The molecule has 1 aliphatic rings. The molecule has 0 aliphatic carbocycles. The fourth-order valence-electron chi connectivity index (χ4n) is 3.09. The Hall–Kier alpha value is -1.55. The highest BCUT2D eigenvalue weighted by Gasteiger charge is 2.25. The number of piperidine rings is 1. The van der Waals surface area contributed by atoms with Crippen molar-refractivity contribution in [3.8, 4) is 5.75 Å². The fourth-order valence-corrected chi connectivity index (χ4v) is 3.09. The molecule has 2 rings (SSSR count). The standard InChI is InChI=1S/C18H27NO3/c1-13(2)14-6-7-17(22-3)15(11-14)8-10-19-9-4-5-16(12-19)18(20)21/h6-7,11,13,16H,4-5,8-10,12H2,1-3H3,(H,20,21). The highest BCUT2D eigenvalue weighted by atomic mass is 16.5. The van der Waals surface area contributed by atoms with Crippen LogP contribution in [-0.4, -0.2) is 42.7 Å². The molecule has 122 valence electrons. The molecule has 1 aliphatic heterocycles. The lowest BCUT2D eigenvalue weighted by Crippen LogP contribution is -2.39. The quantitative estimate of drug-likeness (QED) is 0.877. The van der Waals surface area contributed by atoms with Crippen molar-refractivity contribution >= 4 is 5.97 Å². The summed E-state index contributed by atoms with van der Waals surface area (Å²) in [5.74, 6) is 0.550. The van der Waals surface area contributed by atoms with E-state index in [9.17, 15) is 9.90 Å². The van der Waals surface area contributed by atoms with E-state index in [1.165, 1.54) is 11.1 Å². The number of carbonyl (C=O) groups is 1. The first-order valence-electron chi connectivity index (χ1n) is 8.13. The van der Waals surface area contributed by atoms with E-state index >= 15 is 0 Å². The van der Waals surface area contributed by atoms with E-state index in [2.05, 4.69) is 30.9 Å². The zero-order chi connectivity index (χ0) is 16.1. The smallest absolute Gasteiger partial charge is 0.307 e. The summed E-state index contributed by atoms with van der Waals surface area (Å²) in [6, 6.07) is 6.39. The van der Waals surface area contributed by atoms with Crippen molar-refractivity contribution in [2.45, 2.75) is 39.0 Å². The van der Waals surface area contributed by atoms with Crippen LogP contribution in [0.25, 0.3) is 0 Å². The van der Waals surface area contributed by atoms with Crippen LogP contribution < -0.4 is 4.74 Å². The molecule has 1 heterocycles. The van der Waals surface area contributed by atoms with Crippen molar-refractivity contribution in [2.24, 2.45) is 5.92 Å². The summed E-state index contributed by atoms with van der Waals surface area (Å²) in [5.41, 5.74) is 2.53. The zero-order valence-corrected chi connectivity index (χ0v) is 13.8. The number of hydrogen-bond acceptors (Lipinski definition) is 3. The van der Waals surface area contributed by atoms with Gasteiger partial charge in [0.15, 0.2) is 0 Å². The van der Waals surface area contributed by atoms with Crippen molar-refractivity contribution in [1.82, 2.24) is 4.90 Å². The fraction of sp³-hybridized carbons (Fsp3) is 0.611. The summed E-state index contributed by atoms with van der Waals surface area (Å²) in [6.45, 7) is 6.93. The molecule has 4 nitrogen and oxygen atoms in total. The van der Waals surface area contributed by atoms with E-state index in [4.69, 9.17) is 4.74 Å². The molecule has 0 saturated carbocycles. The van der Waals surface area contributed by atoms with Gasteiger partial charge in [0.1, 0.15) is 5.75 Å². The number of aliphatic carboxylic acids is 1. The molecule has 4 heteroatoms. The molecule has 0 spiro atoms. The maximum atomic E-state index is 11.1. The maximum absolute atomic E-state index is 11.1. The number of carboxylic acids is 1. The lowest BCUT2D eigenvalue weighted by molar-refractivity contribution is -0.143. The van der Waals surface area contributed by atoms with Gasteiger partial charge in [-0.15, -0.1) is 0 Å². The molecular weight excluding hydrogens is 278 g/mol. The van der Waals surface area contributed by atoms with Crippen molar-refractivity contribution < 1.29 is 14.6 Å². The van der Waals surface area contributed by atoms with Crippen LogP contribution in [0.3, 0.4) is 0 Å². The van der Waals surface area contributed by atoms with Crippen LogP contribution in [0, 0.1) is 5.92 Å². The molecule has 1 atom stereocenters. The first kappa shape index (κ1) is 16.8. The number of methoxy groups -OCH3 is 1. The predicted octanol–water partition coefficient (Wildman–Crippen LogP) is 3.16. The normalized spacial score (nSPS) is 19.4. The van der Waals surface area contributed by atoms with Crippen molar-refractivity contribution in [3.05, 3.63) is 29.3 Å². The number of ether oxygens (including phenoxy) is 1. The van der Waals surface area contributed by atoms with Gasteiger partial charge >= 0.3 is 5.97 Å². The number of carboxylic acid groups (broad SMARTS) is 1. The second-order valence-electron chi connectivity index (χ2n) is 6.45. The van der Waals surface area contributed by atoms with Crippen LogP contribution in [0.5, 0.6) is 5.75 Å². The third-order valence-corrected chi connectivity index (χ3v) is 4.52. The summed E-state index contributed by atoms with van der Waals surface area (Å²) in [6.07, 6.45) is 2.67. The average Bonchev–Trinajstić information content (AvgIpc) is 2.52. The number of nitrogens with zero attached hydrogens (tertiary/aromatic N) is 1. The third kappa shape index (κ3) is 4.23. The van der Waals surface area contributed by atoms with Gasteiger partial charge < -0.3 is 14.7 Å². The minimum atomic E-state index is -0.663. The molecule has 22 heavy (non-hydrogen) atoms. The monoisotopic (exact) mass is 305 g/mol. The first-order valence-corrected chi connectivity index (χ1v) is 8.13. The SMILES string of the molecule is COc1ccc(C(C)C)cc1CCN1CCCC(C(=O)O)C1. The van der Waals surface area contributed by atoms with Crippen LogP contribution in [0.2, 0.25) is 0 Å². The Bertz CT molecular complexity index is 513. The van der Waals surface area contributed by atoms with Crippen LogP contribution in [-0.2, 0) is 11.2 Å². The summed E-state index contributed by atoms with van der Waals surface area (Å²) in [7, 11) is 1.70. The molecule has 1 N–H and O–H groups in total. The van der Waals surface area contributed by atoms with E-state index in [0.29, 0.717) is 12.5 Å².